The predicted octanol–water partition coefficient (Wildman–Crippen LogP) is -0.221. The molecule has 10 heteroatoms. The maximum absolute atomic E-state index is 11.4. The smallest absolute Gasteiger partial charge is 0.374 e. The summed E-state index contributed by atoms with van der Waals surface area (Å²) in [4.78, 5) is 33.0. The van der Waals surface area contributed by atoms with Crippen molar-refractivity contribution in [3.05, 3.63) is 29.0 Å². The van der Waals surface area contributed by atoms with Gasteiger partial charge < -0.3 is 20.0 Å². The van der Waals surface area contributed by atoms with Crippen LogP contribution in [0.5, 0.6) is 0 Å². The Bertz CT molecular complexity index is 724. The molecule has 0 saturated carbocycles. The summed E-state index contributed by atoms with van der Waals surface area (Å²) < 4.78 is 12.5. The minimum Gasteiger partial charge on any atom is -0.479 e. The van der Waals surface area contributed by atoms with E-state index in [1.165, 1.54) is 12.1 Å². The number of hydrogen-bond acceptors (Lipinski definition) is 4. The number of aromatic nitrogens is 2. The normalized spacial score (nSPS) is 13.6. The van der Waals surface area contributed by atoms with E-state index in [0.717, 1.165) is 10.6 Å². The number of pyridine rings is 1. The second-order valence-corrected chi connectivity index (χ2v) is 5.99. The molecule has 2 rings (SSSR count). The Morgan fingerprint density at radius 3 is 2.65 bits per heavy atom. The van der Waals surface area contributed by atoms with Gasteiger partial charge in [0.2, 0.25) is 0 Å². The monoisotopic (exact) mass is 320 g/mol. The number of hydrogen-bond donors (Lipinski definition) is 4. The van der Waals surface area contributed by atoms with Crippen molar-refractivity contribution in [1.29, 1.82) is 0 Å². The molecule has 0 aliphatic rings. The number of rotatable bonds is 4. The molecule has 0 saturated heterocycles. The minimum atomic E-state index is -4.62. The standard InChI is InChI=1S/C10H10ClN2O6P/c11-5-1-2-8-12-4-9(20(17,18)19)13(8)6(5)3-7(14)10(15)16/h1-2,4,7,14H,3H2,(H,15,16)(H2,17,18,19). The second kappa shape index (κ2) is 5.16. The summed E-state index contributed by atoms with van der Waals surface area (Å²) in [5, 5.41) is 18.2. The summed E-state index contributed by atoms with van der Waals surface area (Å²) in [6.45, 7) is 0. The number of carboxylic acid groups (broad SMARTS) is 1. The molecule has 0 spiro atoms. The Labute approximate surface area is 117 Å². The predicted molar refractivity (Wildman–Crippen MR) is 69.2 cm³/mol. The molecule has 0 fully saturated rings. The van der Waals surface area contributed by atoms with Crippen molar-refractivity contribution in [1.82, 2.24) is 9.38 Å². The first-order valence-electron chi connectivity index (χ1n) is 5.33. The SMILES string of the molecule is O=C(O)C(O)Cc1c(Cl)ccc2ncc(P(=O)(O)O)n12. The van der Waals surface area contributed by atoms with Gasteiger partial charge in [0.1, 0.15) is 5.65 Å². The highest BCUT2D eigenvalue weighted by atomic mass is 35.5. The molecule has 2 aromatic rings. The molecule has 0 aromatic carbocycles. The third-order valence-corrected chi connectivity index (χ3v) is 3.92. The van der Waals surface area contributed by atoms with E-state index in [1.807, 2.05) is 0 Å². The highest BCUT2D eigenvalue weighted by molar-refractivity contribution is 7.60. The average Bonchev–Trinajstić information content (AvgIpc) is 2.76. The molecule has 0 aliphatic carbocycles. The van der Waals surface area contributed by atoms with Gasteiger partial charge in [0.05, 0.1) is 11.2 Å². The van der Waals surface area contributed by atoms with Gasteiger partial charge in [0.15, 0.2) is 11.5 Å². The summed E-state index contributed by atoms with van der Waals surface area (Å²) in [6, 6.07) is 2.84. The Morgan fingerprint density at radius 2 is 2.10 bits per heavy atom. The second-order valence-electron chi connectivity index (χ2n) is 4.04. The van der Waals surface area contributed by atoms with E-state index in [2.05, 4.69) is 4.98 Å². The van der Waals surface area contributed by atoms with Gasteiger partial charge in [-0.05, 0) is 12.1 Å². The largest absolute Gasteiger partial charge is 0.479 e. The molecule has 0 amide bonds. The molecule has 20 heavy (non-hydrogen) atoms. The van der Waals surface area contributed by atoms with Crippen molar-refractivity contribution in [2.45, 2.75) is 12.5 Å². The lowest BCUT2D eigenvalue weighted by Crippen LogP contribution is -2.25. The maximum atomic E-state index is 11.4. The van der Waals surface area contributed by atoms with Gasteiger partial charge in [0.25, 0.3) is 0 Å². The summed E-state index contributed by atoms with van der Waals surface area (Å²) in [6.07, 6.45) is -1.16. The van der Waals surface area contributed by atoms with Crippen LogP contribution < -0.4 is 5.44 Å². The van der Waals surface area contributed by atoms with E-state index in [0.29, 0.717) is 0 Å². The molecule has 8 nitrogen and oxygen atoms in total. The van der Waals surface area contributed by atoms with E-state index in [-0.39, 0.29) is 16.4 Å². The lowest BCUT2D eigenvalue weighted by atomic mass is 10.2. The Hall–Kier alpha value is -1.44. The van der Waals surface area contributed by atoms with Crippen LogP contribution in [0.1, 0.15) is 5.69 Å². The lowest BCUT2D eigenvalue weighted by Gasteiger charge is -2.13. The number of aliphatic carboxylic acids is 1. The van der Waals surface area contributed by atoms with Crippen LogP contribution in [-0.4, -0.2) is 41.5 Å². The Kier molecular flexibility index (Phi) is 3.86. The van der Waals surface area contributed by atoms with Crippen molar-refractivity contribution in [3.63, 3.8) is 0 Å². The van der Waals surface area contributed by atoms with Gasteiger partial charge in [-0.25, -0.2) is 9.78 Å². The van der Waals surface area contributed by atoms with Crippen molar-refractivity contribution in [2.24, 2.45) is 0 Å². The van der Waals surface area contributed by atoms with Crippen LogP contribution in [0.3, 0.4) is 0 Å². The fourth-order valence-corrected chi connectivity index (χ4v) is 2.68. The molecule has 0 radical (unpaired) electrons. The first-order valence-corrected chi connectivity index (χ1v) is 7.32. The fourth-order valence-electron chi connectivity index (χ4n) is 1.77. The first kappa shape index (κ1) is 15.0. The topological polar surface area (TPSA) is 132 Å². The molecule has 1 atom stereocenters. The van der Waals surface area contributed by atoms with Crippen LogP contribution >= 0.6 is 19.2 Å². The molecule has 1 unspecified atom stereocenters. The number of halogens is 1. The number of carboxylic acids is 1. The van der Waals surface area contributed by atoms with Crippen LogP contribution in [0.15, 0.2) is 18.3 Å². The van der Waals surface area contributed by atoms with Crippen molar-refractivity contribution < 1.29 is 29.4 Å². The fraction of sp³-hybridized carbons (Fsp3) is 0.200. The van der Waals surface area contributed by atoms with Crippen LogP contribution in [0.2, 0.25) is 5.02 Å². The van der Waals surface area contributed by atoms with Gasteiger partial charge in [-0.15, -0.1) is 0 Å². The molecule has 4 N–H and O–H groups in total. The average molecular weight is 321 g/mol. The summed E-state index contributed by atoms with van der Waals surface area (Å²) in [5.41, 5.74) is -0.155. The number of carbonyl (C=O) groups is 1. The van der Waals surface area contributed by atoms with Gasteiger partial charge in [-0.3, -0.25) is 8.97 Å². The summed E-state index contributed by atoms with van der Waals surface area (Å²) in [5.74, 6) is -1.46. The van der Waals surface area contributed by atoms with E-state index >= 15 is 0 Å². The van der Waals surface area contributed by atoms with Crippen molar-refractivity contribution >= 4 is 36.2 Å². The van der Waals surface area contributed by atoms with E-state index in [1.54, 1.807) is 0 Å². The zero-order valence-corrected chi connectivity index (χ0v) is 11.5. The zero-order valence-electron chi connectivity index (χ0n) is 9.84. The van der Waals surface area contributed by atoms with E-state index < -0.39 is 31.5 Å². The Balaban J connectivity index is 2.68. The van der Waals surface area contributed by atoms with Gasteiger partial charge >= 0.3 is 13.6 Å². The number of imidazole rings is 1. The minimum absolute atomic E-state index is 0.0647. The van der Waals surface area contributed by atoms with Gasteiger partial charge in [0, 0.05) is 12.1 Å². The Morgan fingerprint density at radius 1 is 1.45 bits per heavy atom. The number of aliphatic hydroxyl groups excluding tert-OH is 1. The lowest BCUT2D eigenvalue weighted by molar-refractivity contribution is -0.146. The third-order valence-electron chi connectivity index (χ3n) is 2.67. The van der Waals surface area contributed by atoms with Crippen LogP contribution in [-0.2, 0) is 15.8 Å². The molecule has 2 heterocycles. The number of aliphatic hydroxyl groups is 1. The van der Waals surface area contributed by atoms with Crippen molar-refractivity contribution in [3.8, 4) is 0 Å². The number of nitrogens with zero attached hydrogens (tertiary/aromatic N) is 2. The highest BCUT2D eigenvalue weighted by Gasteiger charge is 2.26. The summed E-state index contributed by atoms with van der Waals surface area (Å²) >= 11 is 5.93. The molecule has 2 aromatic heterocycles. The summed E-state index contributed by atoms with van der Waals surface area (Å²) in [7, 11) is -4.62. The van der Waals surface area contributed by atoms with Gasteiger partial charge in [-0.1, -0.05) is 11.6 Å². The molecular formula is C10H10ClN2O6P. The van der Waals surface area contributed by atoms with Crippen LogP contribution in [0.25, 0.3) is 5.65 Å². The number of fused-ring (bicyclic) bond motifs is 1. The third kappa shape index (κ3) is 2.70. The quantitative estimate of drug-likeness (QED) is 0.572. The molecule has 0 bridgehead atoms. The van der Waals surface area contributed by atoms with Gasteiger partial charge in [-0.2, -0.15) is 0 Å². The van der Waals surface area contributed by atoms with E-state index in [9.17, 15) is 24.3 Å². The molecular weight excluding hydrogens is 311 g/mol. The van der Waals surface area contributed by atoms with E-state index in [4.69, 9.17) is 16.7 Å². The molecule has 0 aliphatic heterocycles. The zero-order chi connectivity index (χ0) is 15.1. The highest BCUT2D eigenvalue weighted by Crippen LogP contribution is 2.34. The van der Waals surface area contributed by atoms with Crippen LogP contribution in [0, 0.1) is 0 Å². The first-order chi connectivity index (χ1) is 9.21. The maximum Gasteiger partial charge on any atom is 0.374 e. The van der Waals surface area contributed by atoms with Crippen molar-refractivity contribution in [2.75, 3.05) is 0 Å². The molecule has 108 valence electrons. The van der Waals surface area contributed by atoms with Crippen LogP contribution in [0.4, 0.5) is 0 Å².